The highest BCUT2D eigenvalue weighted by atomic mass is 16.5. The van der Waals surface area contributed by atoms with Gasteiger partial charge in [0.25, 0.3) is 5.91 Å². The number of benzene rings is 1. The van der Waals surface area contributed by atoms with Gasteiger partial charge in [-0.1, -0.05) is 6.07 Å². The normalized spacial score (nSPS) is 19.7. The summed E-state index contributed by atoms with van der Waals surface area (Å²) in [5, 5.41) is 0. The number of rotatable bonds is 2. The second-order valence-electron chi connectivity index (χ2n) is 4.84. The van der Waals surface area contributed by atoms with Crippen LogP contribution in [-0.2, 0) is 0 Å². The summed E-state index contributed by atoms with van der Waals surface area (Å²) < 4.78 is 5.25. The summed E-state index contributed by atoms with van der Waals surface area (Å²) in [4.78, 5) is 14.2. The molecule has 18 heavy (non-hydrogen) atoms. The predicted octanol–water partition coefficient (Wildman–Crippen LogP) is 1.57. The third kappa shape index (κ3) is 2.64. The Morgan fingerprint density at radius 1 is 1.50 bits per heavy atom. The van der Waals surface area contributed by atoms with E-state index in [9.17, 15) is 4.79 Å². The van der Waals surface area contributed by atoms with E-state index in [-0.39, 0.29) is 11.9 Å². The second kappa shape index (κ2) is 5.40. The summed E-state index contributed by atoms with van der Waals surface area (Å²) in [6.07, 6.45) is 1.98. The Morgan fingerprint density at radius 3 is 2.94 bits per heavy atom. The van der Waals surface area contributed by atoms with Crippen LogP contribution in [0.3, 0.4) is 0 Å². The highest BCUT2D eigenvalue weighted by Crippen LogP contribution is 2.21. The van der Waals surface area contributed by atoms with Crippen LogP contribution in [0.1, 0.15) is 28.8 Å². The fourth-order valence-corrected chi connectivity index (χ4v) is 2.33. The summed E-state index contributed by atoms with van der Waals surface area (Å²) in [5.74, 6) is 0.797. The van der Waals surface area contributed by atoms with Crippen molar-refractivity contribution in [2.75, 3.05) is 20.2 Å². The van der Waals surface area contributed by atoms with Gasteiger partial charge in [-0.05, 0) is 37.5 Å². The minimum absolute atomic E-state index is 0.0449. The van der Waals surface area contributed by atoms with E-state index < -0.39 is 0 Å². The van der Waals surface area contributed by atoms with Gasteiger partial charge in [0.2, 0.25) is 0 Å². The van der Waals surface area contributed by atoms with E-state index in [1.165, 1.54) is 0 Å². The molecule has 0 radical (unpaired) electrons. The fraction of sp³-hybridized carbons (Fsp3) is 0.500. The standard InChI is InChI=1S/C14H20N2O2/c1-10-5-6-11(8-13(10)18-2)14(17)16-7-3-4-12(15)9-16/h5-6,8,12H,3-4,7,9,15H2,1-2H3/t12-/m1/s1. The molecular weight excluding hydrogens is 228 g/mol. The molecule has 1 atom stereocenters. The van der Waals surface area contributed by atoms with Crippen molar-refractivity contribution in [1.82, 2.24) is 4.90 Å². The molecule has 0 bridgehead atoms. The van der Waals surface area contributed by atoms with Gasteiger partial charge in [0, 0.05) is 24.7 Å². The summed E-state index contributed by atoms with van der Waals surface area (Å²) >= 11 is 0. The summed E-state index contributed by atoms with van der Waals surface area (Å²) in [6.45, 7) is 3.40. The molecule has 1 aliphatic heterocycles. The molecule has 1 aromatic carbocycles. The average molecular weight is 248 g/mol. The number of hydrogen-bond acceptors (Lipinski definition) is 3. The largest absolute Gasteiger partial charge is 0.496 e. The van der Waals surface area contributed by atoms with Crippen molar-refractivity contribution in [3.63, 3.8) is 0 Å². The van der Waals surface area contributed by atoms with Crippen LogP contribution in [0, 0.1) is 6.92 Å². The third-order valence-electron chi connectivity index (χ3n) is 3.40. The first-order valence-corrected chi connectivity index (χ1v) is 6.31. The van der Waals surface area contributed by atoms with Gasteiger partial charge in [0.15, 0.2) is 0 Å². The van der Waals surface area contributed by atoms with E-state index in [2.05, 4.69) is 0 Å². The van der Waals surface area contributed by atoms with Gasteiger partial charge in [0.1, 0.15) is 5.75 Å². The molecular formula is C14H20N2O2. The Hall–Kier alpha value is -1.55. The molecule has 1 saturated heterocycles. The van der Waals surface area contributed by atoms with E-state index >= 15 is 0 Å². The molecule has 2 rings (SSSR count). The van der Waals surface area contributed by atoms with Gasteiger partial charge in [-0.15, -0.1) is 0 Å². The van der Waals surface area contributed by atoms with Crippen molar-refractivity contribution in [2.45, 2.75) is 25.8 Å². The van der Waals surface area contributed by atoms with E-state index in [4.69, 9.17) is 10.5 Å². The Morgan fingerprint density at radius 2 is 2.28 bits per heavy atom. The maximum absolute atomic E-state index is 12.3. The van der Waals surface area contributed by atoms with Gasteiger partial charge in [-0.3, -0.25) is 4.79 Å². The van der Waals surface area contributed by atoms with Gasteiger partial charge in [-0.2, -0.15) is 0 Å². The number of hydrogen-bond donors (Lipinski definition) is 1. The molecule has 0 aliphatic carbocycles. The van der Waals surface area contributed by atoms with Gasteiger partial charge >= 0.3 is 0 Å². The van der Waals surface area contributed by atoms with Gasteiger partial charge in [0.05, 0.1) is 7.11 Å². The molecule has 98 valence electrons. The molecule has 1 amide bonds. The number of amides is 1. The van der Waals surface area contributed by atoms with E-state index in [0.717, 1.165) is 30.7 Å². The predicted molar refractivity (Wildman–Crippen MR) is 70.8 cm³/mol. The molecule has 0 aromatic heterocycles. The Bertz CT molecular complexity index is 445. The number of nitrogens with zero attached hydrogens (tertiary/aromatic N) is 1. The molecule has 0 saturated carbocycles. The minimum Gasteiger partial charge on any atom is -0.496 e. The average Bonchev–Trinajstić information content (AvgIpc) is 2.38. The van der Waals surface area contributed by atoms with Gasteiger partial charge in [-0.25, -0.2) is 0 Å². The van der Waals surface area contributed by atoms with Crippen molar-refractivity contribution in [1.29, 1.82) is 0 Å². The third-order valence-corrected chi connectivity index (χ3v) is 3.40. The quantitative estimate of drug-likeness (QED) is 0.864. The molecule has 0 unspecified atom stereocenters. The Balaban J connectivity index is 2.17. The first kappa shape index (κ1) is 12.9. The minimum atomic E-state index is 0.0449. The van der Waals surface area contributed by atoms with E-state index in [1.54, 1.807) is 13.2 Å². The van der Waals surface area contributed by atoms with Crippen molar-refractivity contribution in [2.24, 2.45) is 5.73 Å². The zero-order valence-electron chi connectivity index (χ0n) is 11.0. The van der Waals surface area contributed by atoms with Crippen LogP contribution >= 0.6 is 0 Å². The molecule has 4 nitrogen and oxygen atoms in total. The molecule has 0 spiro atoms. The summed E-state index contributed by atoms with van der Waals surface area (Å²) in [6, 6.07) is 5.67. The van der Waals surface area contributed by atoms with Crippen LogP contribution in [-0.4, -0.2) is 37.0 Å². The number of carbonyl (C=O) groups is 1. The first-order valence-electron chi connectivity index (χ1n) is 6.31. The SMILES string of the molecule is COc1cc(C(=O)N2CCC[C@@H](N)C2)ccc1C. The lowest BCUT2D eigenvalue weighted by molar-refractivity contribution is 0.0708. The van der Waals surface area contributed by atoms with Crippen LogP contribution in [0.25, 0.3) is 0 Å². The van der Waals surface area contributed by atoms with Crippen LogP contribution in [0.15, 0.2) is 18.2 Å². The van der Waals surface area contributed by atoms with Crippen molar-refractivity contribution < 1.29 is 9.53 Å². The topological polar surface area (TPSA) is 55.6 Å². The highest BCUT2D eigenvalue weighted by molar-refractivity contribution is 5.94. The number of aryl methyl sites for hydroxylation is 1. The molecule has 4 heteroatoms. The number of likely N-dealkylation sites (tertiary alicyclic amines) is 1. The van der Waals surface area contributed by atoms with Gasteiger partial charge < -0.3 is 15.4 Å². The summed E-state index contributed by atoms with van der Waals surface area (Å²) in [7, 11) is 1.62. The Labute approximate surface area is 108 Å². The number of piperidine rings is 1. The van der Waals surface area contributed by atoms with Crippen molar-refractivity contribution in [3.05, 3.63) is 29.3 Å². The van der Waals surface area contributed by atoms with E-state index in [1.807, 2.05) is 24.0 Å². The number of carbonyl (C=O) groups excluding carboxylic acids is 1. The number of methoxy groups -OCH3 is 1. The van der Waals surface area contributed by atoms with Crippen LogP contribution < -0.4 is 10.5 Å². The first-order chi connectivity index (χ1) is 8.61. The molecule has 1 heterocycles. The molecule has 1 aliphatic rings. The molecule has 2 N–H and O–H groups in total. The van der Waals surface area contributed by atoms with Crippen LogP contribution in [0.5, 0.6) is 5.75 Å². The van der Waals surface area contributed by atoms with Crippen LogP contribution in [0.4, 0.5) is 0 Å². The Kier molecular flexibility index (Phi) is 3.87. The zero-order valence-corrected chi connectivity index (χ0v) is 11.0. The lowest BCUT2D eigenvalue weighted by Crippen LogP contribution is -2.45. The van der Waals surface area contributed by atoms with Crippen molar-refractivity contribution >= 4 is 5.91 Å². The maximum atomic E-state index is 12.3. The smallest absolute Gasteiger partial charge is 0.254 e. The summed E-state index contributed by atoms with van der Waals surface area (Å²) in [5.41, 5.74) is 7.61. The molecule has 1 aromatic rings. The number of nitrogens with two attached hydrogens (primary N) is 1. The molecule has 1 fully saturated rings. The highest BCUT2D eigenvalue weighted by Gasteiger charge is 2.22. The monoisotopic (exact) mass is 248 g/mol. The zero-order chi connectivity index (χ0) is 13.1. The van der Waals surface area contributed by atoms with E-state index in [0.29, 0.717) is 12.1 Å². The van der Waals surface area contributed by atoms with Crippen LogP contribution in [0.2, 0.25) is 0 Å². The lowest BCUT2D eigenvalue weighted by Gasteiger charge is -2.30. The number of ether oxygens (including phenoxy) is 1. The second-order valence-corrected chi connectivity index (χ2v) is 4.84. The maximum Gasteiger partial charge on any atom is 0.254 e. The van der Waals surface area contributed by atoms with Crippen molar-refractivity contribution in [3.8, 4) is 5.75 Å². The fourth-order valence-electron chi connectivity index (χ4n) is 2.33. The lowest BCUT2D eigenvalue weighted by atomic mass is 10.0.